The zero-order valence-corrected chi connectivity index (χ0v) is 12.4. The number of hydrogen-bond donors (Lipinski definition) is 1. The summed E-state index contributed by atoms with van der Waals surface area (Å²) in [7, 11) is 1.71. The molecule has 0 spiro atoms. The number of nitrogens with zero attached hydrogens (tertiary/aromatic N) is 1. The van der Waals surface area contributed by atoms with Crippen molar-refractivity contribution in [2.75, 3.05) is 13.7 Å². The molecule has 0 aliphatic heterocycles. The lowest BCUT2D eigenvalue weighted by Gasteiger charge is -2.19. The van der Waals surface area contributed by atoms with E-state index >= 15 is 0 Å². The summed E-state index contributed by atoms with van der Waals surface area (Å²) in [6.45, 7) is 4.79. The fourth-order valence-corrected chi connectivity index (χ4v) is 2.40. The maximum absolute atomic E-state index is 5.98. The molecule has 0 bridgehead atoms. The second-order valence-electron chi connectivity index (χ2n) is 5.14. The van der Waals surface area contributed by atoms with E-state index in [1.165, 1.54) is 16.7 Å². The average Bonchev–Trinajstić information content (AvgIpc) is 2.48. The van der Waals surface area contributed by atoms with Gasteiger partial charge >= 0.3 is 0 Å². The van der Waals surface area contributed by atoms with Crippen molar-refractivity contribution in [2.24, 2.45) is 5.73 Å². The molecule has 0 saturated heterocycles. The van der Waals surface area contributed by atoms with Gasteiger partial charge in [-0.25, -0.2) is 0 Å². The van der Waals surface area contributed by atoms with Gasteiger partial charge in [0.05, 0.1) is 7.11 Å². The van der Waals surface area contributed by atoms with E-state index in [4.69, 9.17) is 10.5 Å². The number of ether oxygens (including phenoxy) is 1. The lowest BCUT2D eigenvalue weighted by atomic mass is 9.90. The van der Waals surface area contributed by atoms with Gasteiger partial charge in [0.1, 0.15) is 5.75 Å². The first-order chi connectivity index (χ1) is 9.65. The molecule has 0 saturated carbocycles. The van der Waals surface area contributed by atoms with Crippen molar-refractivity contribution in [3.05, 3.63) is 58.9 Å². The summed E-state index contributed by atoms with van der Waals surface area (Å²) in [5.41, 5.74) is 10.7. The van der Waals surface area contributed by atoms with E-state index in [1.54, 1.807) is 7.11 Å². The smallest absolute Gasteiger partial charge is 0.122 e. The molecule has 2 N–H and O–H groups in total. The number of methoxy groups -OCH3 is 1. The number of aromatic nitrogens is 1. The van der Waals surface area contributed by atoms with Crippen LogP contribution in [0.5, 0.6) is 5.75 Å². The van der Waals surface area contributed by atoms with Gasteiger partial charge in [-0.3, -0.25) is 4.98 Å². The Morgan fingerprint density at radius 3 is 2.55 bits per heavy atom. The lowest BCUT2D eigenvalue weighted by molar-refractivity contribution is 0.404. The number of pyridine rings is 1. The third kappa shape index (κ3) is 3.17. The summed E-state index contributed by atoms with van der Waals surface area (Å²) in [4.78, 5) is 4.39. The molecule has 3 nitrogen and oxygen atoms in total. The monoisotopic (exact) mass is 270 g/mol. The minimum Gasteiger partial charge on any atom is -0.496 e. The standard InChI is InChI=1S/C17H22N2O/c1-12-8-16(17(20-3)9-13(12)2)14(11-18)10-15-6-4-5-7-19-15/h4-9,14H,10-11,18H2,1-3H3. The van der Waals surface area contributed by atoms with Crippen LogP contribution in [0.15, 0.2) is 36.5 Å². The van der Waals surface area contributed by atoms with E-state index in [1.807, 2.05) is 24.4 Å². The first-order valence-corrected chi connectivity index (χ1v) is 6.90. The first kappa shape index (κ1) is 14.5. The summed E-state index contributed by atoms with van der Waals surface area (Å²) in [6, 6.07) is 10.3. The van der Waals surface area contributed by atoms with Crippen molar-refractivity contribution >= 4 is 0 Å². The summed E-state index contributed by atoms with van der Waals surface area (Å²) >= 11 is 0. The highest BCUT2D eigenvalue weighted by atomic mass is 16.5. The SMILES string of the molecule is COc1cc(C)c(C)cc1C(CN)Cc1ccccn1. The molecule has 0 amide bonds. The normalized spacial score (nSPS) is 12.2. The van der Waals surface area contributed by atoms with Crippen LogP contribution in [-0.4, -0.2) is 18.6 Å². The first-order valence-electron chi connectivity index (χ1n) is 6.90. The van der Waals surface area contributed by atoms with E-state index in [2.05, 4.69) is 31.0 Å². The molecular formula is C17H22N2O. The Bertz CT molecular complexity index is 567. The van der Waals surface area contributed by atoms with Gasteiger partial charge in [-0.05, 0) is 61.7 Å². The van der Waals surface area contributed by atoms with Crippen LogP contribution in [0.25, 0.3) is 0 Å². The predicted octanol–water partition coefficient (Wildman–Crippen LogP) is 2.99. The summed E-state index contributed by atoms with van der Waals surface area (Å²) in [6.07, 6.45) is 2.65. The molecule has 1 heterocycles. The molecule has 1 atom stereocenters. The molecule has 2 aromatic rings. The van der Waals surface area contributed by atoms with Gasteiger partial charge in [-0.1, -0.05) is 12.1 Å². The van der Waals surface area contributed by atoms with Crippen LogP contribution in [0, 0.1) is 13.8 Å². The fraction of sp³-hybridized carbons (Fsp3) is 0.353. The van der Waals surface area contributed by atoms with Crippen molar-refractivity contribution in [2.45, 2.75) is 26.2 Å². The van der Waals surface area contributed by atoms with Gasteiger partial charge in [0.2, 0.25) is 0 Å². The largest absolute Gasteiger partial charge is 0.496 e. The summed E-state index contributed by atoms with van der Waals surface area (Å²) in [5, 5.41) is 0. The lowest BCUT2D eigenvalue weighted by Crippen LogP contribution is -2.17. The molecule has 0 fully saturated rings. The van der Waals surface area contributed by atoms with Crippen LogP contribution in [0.2, 0.25) is 0 Å². The highest BCUT2D eigenvalue weighted by Gasteiger charge is 2.17. The number of benzene rings is 1. The number of hydrogen-bond acceptors (Lipinski definition) is 3. The molecule has 1 aromatic carbocycles. The fourth-order valence-electron chi connectivity index (χ4n) is 2.40. The van der Waals surface area contributed by atoms with Crippen molar-refractivity contribution in [3.8, 4) is 5.75 Å². The average molecular weight is 270 g/mol. The van der Waals surface area contributed by atoms with Crippen molar-refractivity contribution in [1.29, 1.82) is 0 Å². The van der Waals surface area contributed by atoms with E-state index in [-0.39, 0.29) is 5.92 Å². The van der Waals surface area contributed by atoms with Crippen LogP contribution < -0.4 is 10.5 Å². The van der Waals surface area contributed by atoms with Crippen molar-refractivity contribution in [1.82, 2.24) is 4.98 Å². The minimum absolute atomic E-state index is 0.221. The highest BCUT2D eigenvalue weighted by Crippen LogP contribution is 2.31. The molecule has 20 heavy (non-hydrogen) atoms. The molecule has 2 rings (SSSR count). The molecule has 0 aliphatic rings. The van der Waals surface area contributed by atoms with E-state index in [9.17, 15) is 0 Å². The van der Waals surface area contributed by atoms with Crippen LogP contribution in [-0.2, 0) is 6.42 Å². The summed E-state index contributed by atoms with van der Waals surface area (Å²) in [5.74, 6) is 1.14. The Labute approximate surface area is 120 Å². The minimum atomic E-state index is 0.221. The Hall–Kier alpha value is -1.87. The number of rotatable bonds is 5. The molecule has 106 valence electrons. The second-order valence-corrected chi connectivity index (χ2v) is 5.14. The maximum atomic E-state index is 5.98. The van der Waals surface area contributed by atoms with Gasteiger partial charge in [0.25, 0.3) is 0 Å². The number of aryl methyl sites for hydroxylation is 2. The van der Waals surface area contributed by atoms with Crippen molar-refractivity contribution < 1.29 is 4.74 Å². The van der Waals surface area contributed by atoms with Gasteiger partial charge in [-0.15, -0.1) is 0 Å². The Kier molecular flexibility index (Phi) is 4.74. The van der Waals surface area contributed by atoms with Gasteiger partial charge < -0.3 is 10.5 Å². The summed E-state index contributed by atoms with van der Waals surface area (Å²) < 4.78 is 5.53. The molecule has 0 aliphatic carbocycles. The third-order valence-corrected chi connectivity index (χ3v) is 3.75. The third-order valence-electron chi connectivity index (χ3n) is 3.75. The Morgan fingerprint density at radius 2 is 1.95 bits per heavy atom. The molecule has 3 heteroatoms. The van der Waals surface area contributed by atoms with Gasteiger partial charge in [0.15, 0.2) is 0 Å². The molecule has 1 aromatic heterocycles. The predicted molar refractivity (Wildman–Crippen MR) is 82.2 cm³/mol. The highest BCUT2D eigenvalue weighted by molar-refractivity contribution is 5.44. The van der Waals surface area contributed by atoms with E-state index < -0.39 is 0 Å². The molecular weight excluding hydrogens is 248 g/mol. The van der Waals surface area contributed by atoms with Crippen LogP contribution in [0.1, 0.15) is 28.3 Å². The molecule has 0 radical (unpaired) electrons. The van der Waals surface area contributed by atoms with E-state index in [0.717, 1.165) is 17.9 Å². The zero-order valence-electron chi connectivity index (χ0n) is 12.4. The topological polar surface area (TPSA) is 48.1 Å². The van der Waals surface area contributed by atoms with Crippen LogP contribution >= 0.6 is 0 Å². The zero-order chi connectivity index (χ0) is 14.5. The van der Waals surface area contributed by atoms with E-state index in [0.29, 0.717) is 6.54 Å². The maximum Gasteiger partial charge on any atom is 0.122 e. The number of nitrogens with two attached hydrogens (primary N) is 1. The molecule has 1 unspecified atom stereocenters. The van der Waals surface area contributed by atoms with Gasteiger partial charge in [-0.2, -0.15) is 0 Å². The quantitative estimate of drug-likeness (QED) is 0.908. The Balaban J connectivity index is 2.34. The Morgan fingerprint density at radius 1 is 1.20 bits per heavy atom. The second kappa shape index (κ2) is 6.53. The van der Waals surface area contributed by atoms with Crippen molar-refractivity contribution in [3.63, 3.8) is 0 Å². The van der Waals surface area contributed by atoms with Gasteiger partial charge in [0, 0.05) is 17.8 Å². The van der Waals surface area contributed by atoms with Crippen LogP contribution in [0.3, 0.4) is 0 Å². The van der Waals surface area contributed by atoms with Crippen LogP contribution in [0.4, 0.5) is 0 Å².